The van der Waals surface area contributed by atoms with Crippen molar-refractivity contribution in [1.29, 1.82) is 0 Å². The van der Waals surface area contributed by atoms with Gasteiger partial charge < -0.3 is 5.32 Å². The number of rotatable bonds is 4. The number of thiophene rings is 1. The topological polar surface area (TPSA) is 59.8 Å². The molecule has 0 atom stereocenters. The maximum atomic E-state index is 11.9. The normalized spacial score (nSPS) is 10.5. The van der Waals surface area contributed by atoms with E-state index >= 15 is 0 Å². The maximum Gasteiger partial charge on any atom is 0.252 e. The molecule has 0 radical (unpaired) electrons. The highest BCUT2D eigenvalue weighted by atomic mass is 32.1. The van der Waals surface area contributed by atoms with Crippen molar-refractivity contribution in [3.05, 3.63) is 58.7 Å². The quantitative estimate of drug-likeness (QED) is 0.805. The van der Waals surface area contributed by atoms with Crippen LogP contribution in [0.15, 0.2) is 47.5 Å². The van der Waals surface area contributed by atoms with Crippen LogP contribution in [0.2, 0.25) is 0 Å². The highest BCUT2D eigenvalue weighted by Gasteiger charge is 2.07. The van der Waals surface area contributed by atoms with Crippen molar-refractivity contribution < 1.29 is 4.79 Å². The zero-order chi connectivity index (χ0) is 14.7. The van der Waals surface area contributed by atoms with Crippen LogP contribution in [0.4, 0.5) is 0 Å². The largest absolute Gasteiger partial charge is 0.348 e. The Morgan fingerprint density at radius 2 is 2.29 bits per heavy atom. The molecular formula is C15H14N4OS. The molecule has 0 saturated heterocycles. The van der Waals surface area contributed by atoms with Crippen molar-refractivity contribution in [3.63, 3.8) is 0 Å². The Labute approximate surface area is 126 Å². The van der Waals surface area contributed by atoms with Gasteiger partial charge in [-0.25, -0.2) is 0 Å². The molecule has 0 aliphatic rings. The SMILES string of the molecule is Cn1nccc1-c1cncc(CNC(=O)c2ccsc2)c1. The summed E-state index contributed by atoms with van der Waals surface area (Å²) in [5.41, 5.74) is 3.62. The first-order chi connectivity index (χ1) is 10.2. The van der Waals surface area contributed by atoms with Gasteiger partial charge >= 0.3 is 0 Å². The second-order valence-corrected chi connectivity index (χ2v) is 5.40. The van der Waals surface area contributed by atoms with Gasteiger partial charge in [-0.05, 0) is 29.1 Å². The van der Waals surface area contributed by atoms with E-state index in [0.29, 0.717) is 12.1 Å². The summed E-state index contributed by atoms with van der Waals surface area (Å²) in [4.78, 5) is 16.1. The fraction of sp³-hybridized carbons (Fsp3) is 0.133. The van der Waals surface area contributed by atoms with Gasteiger partial charge in [0.25, 0.3) is 5.91 Å². The molecule has 3 heterocycles. The Balaban J connectivity index is 1.72. The van der Waals surface area contributed by atoms with Crippen LogP contribution in [0.25, 0.3) is 11.3 Å². The zero-order valence-electron chi connectivity index (χ0n) is 11.5. The van der Waals surface area contributed by atoms with Crippen molar-refractivity contribution in [2.24, 2.45) is 7.05 Å². The number of nitrogens with one attached hydrogen (secondary N) is 1. The van der Waals surface area contributed by atoms with Gasteiger partial charge in [-0.15, -0.1) is 0 Å². The highest BCUT2D eigenvalue weighted by Crippen LogP contribution is 2.18. The Hall–Kier alpha value is -2.47. The molecule has 3 aromatic rings. The lowest BCUT2D eigenvalue weighted by molar-refractivity contribution is 0.0951. The second kappa shape index (κ2) is 5.88. The van der Waals surface area contributed by atoms with E-state index in [2.05, 4.69) is 15.4 Å². The van der Waals surface area contributed by atoms with Gasteiger partial charge in [0.1, 0.15) is 0 Å². The molecule has 5 nitrogen and oxygen atoms in total. The molecule has 21 heavy (non-hydrogen) atoms. The minimum Gasteiger partial charge on any atom is -0.348 e. The molecule has 0 unspecified atom stereocenters. The number of aryl methyl sites for hydroxylation is 1. The molecule has 0 aliphatic carbocycles. The standard InChI is InChI=1S/C15H14N4OS/c1-19-14(2-4-18-19)13-6-11(7-16-9-13)8-17-15(20)12-3-5-21-10-12/h2-7,9-10H,8H2,1H3,(H,17,20). The van der Waals surface area contributed by atoms with Crippen molar-refractivity contribution >= 4 is 17.2 Å². The van der Waals surface area contributed by atoms with E-state index in [9.17, 15) is 4.79 Å². The predicted molar refractivity (Wildman–Crippen MR) is 81.9 cm³/mol. The molecule has 3 rings (SSSR count). The summed E-state index contributed by atoms with van der Waals surface area (Å²) in [7, 11) is 1.89. The number of carbonyl (C=O) groups excluding carboxylic acids is 1. The van der Waals surface area contributed by atoms with Crippen molar-refractivity contribution in [1.82, 2.24) is 20.1 Å². The Morgan fingerprint density at radius 3 is 3.00 bits per heavy atom. The summed E-state index contributed by atoms with van der Waals surface area (Å²) in [6, 6.07) is 5.76. The van der Waals surface area contributed by atoms with E-state index in [4.69, 9.17) is 0 Å². The summed E-state index contributed by atoms with van der Waals surface area (Å²) in [5, 5.41) is 10.8. The van der Waals surface area contributed by atoms with Crippen molar-refractivity contribution in [3.8, 4) is 11.3 Å². The van der Waals surface area contributed by atoms with E-state index in [1.54, 1.807) is 23.3 Å². The number of pyridine rings is 1. The number of hydrogen-bond acceptors (Lipinski definition) is 4. The van der Waals surface area contributed by atoms with Gasteiger partial charge in [0.05, 0.1) is 5.69 Å². The lowest BCUT2D eigenvalue weighted by Gasteiger charge is -2.06. The molecule has 0 spiro atoms. The number of nitrogens with zero attached hydrogens (tertiary/aromatic N) is 3. The molecule has 106 valence electrons. The number of carbonyl (C=O) groups is 1. The van der Waals surface area contributed by atoms with Crippen LogP contribution < -0.4 is 5.32 Å². The average Bonchev–Trinajstić information content (AvgIpc) is 3.16. The van der Waals surface area contributed by atoms with E-state index in [-0.39, 0.29) is 5.91 Å². The Kier molecular flexibility index (Phi) is 3.79. The summed E-state index contributed by atoms with van der Waals surface area (Å²) in [6.45, 7) is 0.452. The number of hydrogen-bond donors (Lipinski definition) is 1. The monoisotopic (exact) mass is 298 g/mol. The number of amides is 1. The zero-order valence-corrected chi connectivity index (χ0v) is 12.3. The van der Waals surface area contributed by atoms with Crippen LogP contribution >= 0.6 is 11.3 Å². The summed E-state index contributed by atoms with van der Waals surface area (Å²) in [5.74, 6) is -0.0674. The molecule has 0 aliphatic heterocycles. The number of aromatic nitrogens is 3. The Bertz CT molecular complexity index is 749. The van der Waals surface area contributed by atoms with Crippen LogP contribution in [0.3, 0.4) is 0 Å². The molecule has 1 N–H and O–H groups in total. The van der Waals surface area contributed by atoms with Gasteiger partial charge in [-0.3, -0.25) is 14.5 Å². The molecular weight excluding hydrogens is 284 g/mol. The van der Waals surface area contributed by atoms with E-state index in [1.165, 1.54) is 11.3 Å². The lowest BCUT2D eigenvalue weighted by Crippen LogP contribution is -2.22. The molecule has 0 bridgehead atoms. The summed E-state index contributed by atoms with van der Waals surface area (Å²) in [6.07, 6.45) is 5.30. The molecule has 3 aromatic heterocycles. The van der Waals surface area contributed by atoms with Crippen LogP contribution in [0.1, 0.15) is 15.9 Å². The van der Waals surface area contributed by atoms with Crippen LogP contribution in [0.5, 0.6) is 0 Å². The van der Waals surface area contributed by atoms with Crippen LogP contribution in [0, 0.1) is 0 Å². The smallest absolute Gasteiger partial charge is 0.252 e. The third kappa shape index (κ3) is 3.00. The minimum atomic E-state index is -0.0674. The first-order valence-electron chi connectivity index (χ1n) is 6.47. The summed E-state index contributed by atoms with van der Waals surface area (Å²) >= 11 is 1.51. The molecule has 0 aromatic carbocycles. The lowest BCUT2D eigenvalue weighted by atomic mass is 10.1. The third-order valence-corrected chi connectivity index (χ3v) is 3.83. The van der Waals surface area contributed by atoms with Gasteiger partial charge in [-0.1, -0.05) is 0 Å². The third-order valence-electron chi connectivity index (χ3n) is 3.15. The molecule has 0 saturated carbocycles. The fourth-order valence-corrected chi connectivity index (χ4v) is 2.70. The maximum absolute atomic E-state index is 11.9. The first-order valence-corrected chi connectivity index (χ1v) is 7.41. The Morgan fingerprint density at radius 1 is 1.38 bits per heavy atom. The van der Waals surface area contributed by atoms with Crippen molar-refractivity contribution in [2.45, 2.75) is 6.54 Å². The fourth-order valence-electron chi connectivity index (χ4n) is 2.06. The molecule has 0 fully saturated rings. The van der Waals surface area contributed by atoms with Gasteiger partial charge in [0.15, 0.2) is 0 Å². The van der Waals surface area contributed by atoms with Crippen LogP contribution in [-0.2, 0) is 13.6 Å². The highest BCUT2D eigenvalue weighted by molar-refractivity contribution is 7.08. The van der Waals surface area contributed by atoms with E-state index < -0.39 is 0 Å². The van der Waals surface area contributed by atoms with E-state index in [1.807, 2.05) is 36.0 Å². The summed E-state index contributed by atoms with van der Waals surface area (Å²) < 4.78 is 1.80. The molecule has 6 heteroatoms. The van der Waals surface area contributed by atoms with Gasteiger partial charge in [-0.2, -0.15) is 16.4 Å². The minimum absolute atomic E-state index is 0.0674. The van der Waals surface area contributed by atoms with Crippen LogP contribution in [-0.4, -0.2) is 20.7 Å². The molecule has 1 amide bonds. The van der Waals surface area contributed by atoms with Crippen molar-refractivity contribution in [2.75, 3.05) is 0 Å². The second-order valence-electron chi connectivity index (χ2n) is 4.62. The van der Waals surface area contributed by atoms with E-state index in [0.717, 1.165) is 16.8 Å². The predicted octanol–water partition coefficient (Wildman–Crippen LogP) is 2.47. The first kappa shape index (κ1) is 13.5. The van der Waals surface area contributed by atoms with Gasteiger partial charge in [0, 0.05) is 48.7 Å². The van der Waals surface area contributed by atoms with Gasteiger partial charge in [0.2, 0.25) is 0 Å². The average molecular weight is 298 g/mol.